The molecule has 11 heteroatoms. The summed E-state index contributed by atoms with van der Waals surface area (Å²) in [5.41, 5.74) is 1.43. The standard InChI is InChI=1S/C28H27Cl2N3O6/c29-23-5-4-6-24(30)22(23)17-39-20-10-7-18(8-11-20)15-25(28(35)36)31-27(34)21-16-19(9-12-26(21)33(37)38)32-13-2-1-3-14-32/h4-12,16,25H,1-3,13-15,17H2,(H,31,34)(H,35,36). The topological polar surface area (TPSA) is 122 Å². The van der Waals surface area contributed by atoms with Gasteiger partial charge in [0.1, 0.15) is 24.0 Å². The Morgan fingerprint density at radius 1 is 1.03 bits per heavy atom. The third kappa shape index (κ3) is 7.19. The third-order valence-electron chi connectivity index (χ3n) is 6.55. The molecule has 0 saturated carbocycles. The monoisotopic (exact) mass is 571 g/mol. The summed E-state index contributed by atoms with van der Waals surface area (Å²) in [7, 11) is 0. The maximum absolute atomic E-state index is 13.1. The van der Waals surface area contributed by atoms with Crippen molar-refractivity contribution in [2.45, 2.75) is 38.3 Å². The molecule has 1 fully saturated rings. The second kappa shape index (κ2) is 12.8. The highest BCUT2D eigenvalue weighted by Gasteiger charge is 2.27. The first kappa shape index (κ1) is 28.2. The Labute approximate surface area is 235 Å². The van der Waals surface area contributed by atoms with Crippen molar-refractivity contribution in [2.75, 3.05) is 18.0 Å². The van der Waals surface area contributed by atoms with Crippen LogP contribution in [0.1, 0.15) is 40.7 Å². The van der Waals surface area contributed by atoms with Gasteiger partial charge in [-0.25, -0.2) is 4.79 Å². The van der Waals surface area contributed by atoms with E-state index < -0.39 is 22.8 Å². The molecule has 1 heterocycles. The lowest BCUT2D eigenvalue weighted by Crippen LogP contribution is -2.42. The Balaban J connectivity index is 1.45. The van der Waals surface area contributed by atoms with E-state index in [1.165, 1.54) is 12.1 Å². The zero-order chi connectivity index (χ0) is 27.9. The Hall–Kier alpha value is -3.82. The summed E-state index contributed by atoms with van der Waals surface area (Å²) in [5.74, 6) is -1.55. The molecule has 1 amide bonds. The number of piperidine rings is 1. The molecule has 1 unspecified atom stereocenters. The molecule has 0 aliphatic carbocycles. The van der Waals surface area contributed by atoms with Gasteiger partial charge in [0.15, 0.2) is 0 Å². The van der Waals surface area contributed by atoms with Gasteiger partial charge >= 0.3 is 5.97 Å². The largest absolute Gasteiger partial charge is 0.489 e. The number of rotatable bonds is 10. The lowest BCUT2D eigenvalue weighted by atomic mass is 10.0. The number of ether oxygens (including phenoxy) is 1. The fourth-order valence-electron chi connectivity index (χ4n) is 4.43. The summed E-state index contributed by atoms with van der Waals surface area (Å²) in [6.45, 7) is 1.74. The molecule has 3 aromatic rings. The molecular formula is C28H27Cl2N3O6. The van der Waals surface area contributed by atoms with E-state index in [-0.39, 0.29) is 24.3 Å². The molecule has 204 valence electrons. The van der Waals surface area contributed by atoms with E-state index in [4.69, 9.17) is 27.9 Å². The summed E-state index contributed by atoms with van der Waals surface area (Å²) >= 11 is 12.3. The van der Waals surface area contributed by atoms with E-state index in [2.05, 4.69) is 10.2 Å². The number of hydrogen-bond acceptors (Lipinski definition) is 6. The molecule has 1 aliphatic rings. The second-order valence-corrected chi connectivity index (χ2v) is 10.0. The number of nitro groups is 1. The van der Waals surface area contributed by atoms with Crippen molar-refractivity contribution in [2.24, 2.45) is 0 Å². The van der Waals surface area contributed by atoms with E-state index in [9.17, 15) is 24.8 Å². The highest BCUT2D eigenvalue weighted by molar-refractivity contribution is 6.35. The second-order valence-electron chi connectivity index (χ2n) is 9.21. The van der Waals surface area contributed by atoms with Gasteiger partial charge in [-0.05, 0) is 61.2 Å². The molecular weight excluding hydrogens is 545 g/mol. The van der Waals surface area contributed by atoms with E-state index in [1.807, 2.05) is 0 Å². The van der Waals surface area contributed by atoms with Gasteiger partial charge in [0.05, 0.1) is 4.92 Å². The number of carbonyl (C=O) groups excluding carboxylic acids is 1. The van der Waals surface area contributed by atoms with Gasteiger partial charge in [0.25, 0.3) is 11.6 Å². The molecule has 2 N–H and O–H groups in total. The summed E-state index contributed by atoms with van der Waals surface area (Å²) in [6, 6.07) is 15.0. The van der Waals surface area contributed by atoms with Gasteiger partial charge in [-0.15, -0.1) is 0 Å². The number of amides is 1. The number of nitrogens with zero attached hydrogens (tertiary/aromatic N) is 2. The van der Waals surface area contributed by atoms with Crippen LogP contribution in [0, 0.1) is 10.1 Å². The normalized spacial score (nSPS) is 13.9. The minimum absolute atomic E-state index is 0.0304. The van der Waals surface area contributed by atoms with Gasteiger partial charge in [0.2, 0.25) is 0 Å². The summed E-state index contributed by atoms with van der Waals surface area (Å²) in [5, 5.41) is 24.8. The fourth-order valence-corrected chi connectivity index (χ4v) is 4.94. The van der Waals surface area contributed by atoms with Crippen molar-refractivity contribution in [1.29, 1.82) is 0 Å². The molecule has 0 spiro atoms. The van der Waals surface area contributed by atoms with E-state index in [0.717, 1.165) is 32.4 Å². The Bertz CT molecular complexity index is 1340. The maximum Gasteiger partial charge on any atom is 0.326 e. The summed E-state index contributed by atoms with van der Waals surface area (Å²) in [4.78, 5) is 38.1. The third-order valence-corrected chi connectivity index (χ3v) is 7.26. The number of halogens is 2. The average molecular weight is 572 g/mol. The number of carboxylic acids is 1. The van der Waals surface area contributed by atoms with Crippen molar-refractivity contribution in [3.05, 3.63) is 97.5 Å². The lowest BCUT2D eigenvalue weighted by Gasteiger charge is -2.29. The van der Waals surface area contributed by atoms with Crippen molar-refractivity contribution in [1.82, 2.24) is 5.32 Å². The summed E-state index contributed by atoms with van der Waals surface area (Å²) in [6.07, 6.45) is 3.08. The van der Waals surface area contributed by atoms with Gasteiger partial charge < -0.3 is 20.1 Å². The fraction of sp³-hybridized carbons (Fsp3) is 0.286. The quantitative estimate of drug-likeness (QED) is 0.229. The van der Waals surface area contributed by atoms with Gasteiger partial charge in [0, 0.05) is 46.9 Å². The van der Waals surface area contributed by atoms with Crippen molar-refractivity contribution in [3.63, 3.8) is 0 Å². The van der Waals surface area contributed by atoms with Crippen LogP contribution in [0.25, 0.3) is 0 Å². The molecule has 0 radical (unpaired) electrons. The molecule has 9 nitrogen and oxygen atoms in total. The zero-order valence-electron chi connectivity index (χ0n) is 20.9. The summed E-state index contributed by atoms with van der Waals surface area (Å²) < 4.78 is 5.76. The minimum atomic E-state index is -1.30. The van der Waals surface area contributed by atoms with Gasteiger partial charge in [-0.1, -0.05) is 41.4 Å². The number of benzene rings is 3. The number of carboxylic acid groups (broad SMARTS) is 1. The van der Waals surface area contributed by atoms with E-state index >= 15 is 0 Å². The SMILES string of the molecule is O=C(NC(Cc1ccc(OCc2c(Cl)cccc2Cl)cc1)C(=O)O)c1cc(N2CCCCC2)ccc1[N+](=O)[O-]. The van der Waals surface area contributed by atoms with Crippen LogP contribution in [-0.2, 0) is 17.8 Å². The van der Waals surface area contributed by atoms with Crippen LogP contribution in [0.3, 0.4) is 0 Å². The molecule has 1 atom stereocenters. The Morgan fingerprint density at radius 3 is 2.31 bits per heavy atom. The molecule has 4 rings (SSSR count). The van der Waals surface area contributed by atoms with Crippen LogP contribution in [-0.4, -0.2) is 41.0 Å². The molecule has 1 aliphatic heterocycles. The van der Waals surface area contributed by atoms with E-state index in [0.29, 0.717) is 32.6 Å². The molecule has 1 saturated heterocycles. The van der Waals surface area contributed by atoms with Crippen LogP contribution < -0.4 is 15.0 Å². The zero-order valence-corrected chi connectivity index (χ0v) is 22.5. The lowest BCUT2D eigenvalue weighted by molar-refractivity contribution is -0.385. The molecule has 0 aromatic heterocycles. The number of aliphatic carboxylic acids is 1. The van der Waals surface area contributed by atoms with Crippen LogP contribution in [0.2, 0.25) is 10.0 Å². The smallest absolute Gasteiger partial charge is 0.326 e. The predicted octanol–water partition coefficient (Wildman–Crippen LogP) is 5.90. The number of nitro benzene ring substituents is 1. The maximum atomic E-state index is 13.1. The molecule has 3 aromatic carbocycles. The number of carbonyl (C=O) groups is 2. The number of hydrogen-bond donors (Lipinski definition) is 2. The number of anilines is 1. The molecule has 0 bridgehead atoms. The van der Waals surface area contributed by atoms with Crippen molar-refractivity contribution < 1.29 is 24.4 Å². The van der Waals surface area contributed by atoms with Crippen LogP contribution in [0.5, 0.6) is 5.75 Å². The van der Waals surface area contributed by atoms with Crippen molar-refractivity contribution >= 4 is 46.5 Å². The van der Waals surface area contributed by atoms with Gasteiger partial charge in [-0.3, -0.25) is 14.9 Å². The predicted molar refractivity (Wildman–Crippen MR) is 149 cm³/mol. The number of nitrogens with one attached hydrogen (secondary N) is 1. The van der Waals surface area contributed by atoms with Crippen LogP contribution >= 0.6 is 23.2 Å². The molecule has 39 heavy (non-hydrogen) atoms. The first-order chi connectivity index (χ1) is 18.7. The highest BCUT2D eigenvalue weighted by Crippen LogP contribution is 2.28. The van der Waals surface area contributed by atoms with Gasteiger partial charge in [-0.2, -0.15) is 0 Å². The first-order valence-electron chi connectivity index (χ1n) is 12.4. The van der Waals surface area contributed by atoms with Crippen LogP contribution in [0.4, 0.5) is 11.4 Å². The Kier molecular flexibility index (Phi) is 9.27. The van der Waals surface area contributed by atoms with Crippen molar-refractivity contribution in [3.8, 4) is 5.75 Å². The highest BCUT2D eigenvalue weighted by atomic mass is 35.5. The first-order valence-corrected chi connectivity index (χ1v) is 13.2. The average Bonchev–Trinajstić information content (AvgIpc) is 2.93. The van der Waals surface area contributed by atoms with E-state index in [1.54, 1.807) is 48.5 Å². The minimum Gasteiger partial charge on any atom is -0.489 e. The van der Waals surface area contributed by atoms with Crippen LogP contribution in [0.15, 0.2) is 60.7 Å². The Morgan fingerprint density at radius 2 is 1.69 bits per heavy atom.